The fourth-order valence-corrected chi connectivity index (χ4v) is 2.56. The van der Waals surface area contributed by atoms with E-state index in [9.17, 15) is 4.79 Å². The molecule has 0 aliphatic heterocycles. The van der Waals surface area contributed by atoms with Crippen LogP contribution in [-0.4, -0.2) is 24.7 Å². The summed E-state index contributed by atoms with van der Waals surface area (Å²) in [5.74, 6) is 0.142. The van der Waals surface area contributed by atoms with E-state index in [1.807, 2.05) is 24.3 Å². The third-order valence-electron chi connectivity index (χ3n) is 3.27. The topological polar surface area (TPSA) is 63.6 Å². The summed E-state index contributed by atoms with van der Waals surface area (Å²) in [5.41, 5.74) is 4.93. The molecule has 0 heterocycles. The van der Waals surface area contributed by atoms with Gasteiger partial charge in [0.2, 0.25) is 0 Å². The summed E-state index contributed by atoms with van der Waals surface area (Å²) >= 11 is 0. The summed E-state index contributed by atoms with van der Waals surface area (Å²) in [6, 6.07) is 16.5. The van der Waals surface area contributed by atoms with Crippen LogP contribution in [0.2, 0.25) is 0 Å². The summed E-state index contributed by atoms with van der Waals surface area (Å²) in [5, 5.41) is 6.76. The maximum absolute atomic E-state index is 10.2. The molecule has 105 valence electrons. The van der Waals surface area contributed by atoms with E-state index in [4.69, 9.17) is 14.6 Å². The van der Waals surface area contributed by atoms with Gasteiger partial charge in [0.1, 0.15) is 0 Å². The number of ether oxygens (including phenoxy) is 1. The van der Waals surface area contributed by atoms with E-state index in [-0.39, 0.29) is 38.6 Å². The van der Waals surface area contributed by atoms with Crippen molar-refractivity contribution in [3.8, 4) is 11.1 Å². The maximum atomic E-state index is 10.2. The second-order valence-corrected chi connectivity index (χ2v) is 4.21. The monoisotopic (exact) mass is 357 g/mol. The molecule has 2 aromatic rings. The molecule has 0 unspecified atom stereocenters. The van der Waals surface area contributed by atoms with E-state index < -0.39 is 0 Å². The third kappa shape index (κ3) is 3.77. The first kappa shape index (κ1) is 17.5. The molecule has 4 nitrogen and oxygen atoms in total. The molecule has 1 aliphatic rings. The molecule has 5 heteroatoms. The predicted molar refractivity (Wildman–Crippen MR) is 73.7 cm³/mol. The summed E-state index contributed by atoms with van der Waals surface area (Å²) in [4.78, 5) is 18.5. The molecule has 0 saturated heterocycles. The standard InChI is InChI=1S/C15H11O2.CHO2.Y/c16-10-17-9-15-13-7-3-1-5-11(13)12-6-2-4-8-14(12)15;2-1-3;/h1-8,15H,9H2;(H,2,3);/q2*-1;. The van der Waals surface area contributed by atoms with Crippen molar-refractivity contribution in [1.82, 2.24) is 0 Å². The largest absolute Gasteiger partial charge is 0.665 e. The molecule has 1 N–H and O–H groups in total. The number of hydrogen-bond acceptors (Lipinski definition) is 3. The smallest absolute Gasteiger partial charge is 0.0593 e. The quantitative estimate of drug-likeness (QED) is 0.858. The number of hydrogen-bond donors (Lipinski definition) is 1. The van der Waals surface area contributed by atoms with Gasteiger partial charge in [-0.1, -0.05) is 61.5 Å². The number of fused-ring (bicyclic) bond motifs is 3. The zero-order chi connectivity index (χ0) is 14.4. The first-order valence-electron chi connectivity index (χ1n) is 6.01. The summed E-state index contributed by atoms with van der Waals surface area (Å²) in [6.45, 7) is 2.36. The van der Waals surface area contributed by atoms with Crippen molar-refractivity contribution in [2.75, 3.05) is 6.61 Å². The molecule has 0 amide bonds. The van der Waals surface area contributed by atoms with Crippen molar-refractivity contribution in [3.05, 3.63) is 59.7 Å². The SMILES string of the molecule is O=[C-]O.O=[C-]OCC1c2ccccc2-c2ccccc21.[Y]. The fraction of sp³-hybridized carbons (Fsp3) is 0.125. The van der Waals surface area contributed by atoms with Crippen LogP contribution in [0.3, 0.4) is 0 Å². The molecule has 0 aromatic heterocycles. The van der Waals surface area contributed by atoms with Crippen molar-refractivity contribution >= 4 is 12.9 Å². The van der Waals surface area contributed by atoms with Gasteiger partial charge >= 0.3 is 0 Å². The average molecular weight is 357 g/mol. The molecule has 2 aromatic carbocycles. The Hall–Kier alpha value is -1.52. The molecule has 0 atom stereocenters. The molecule has 0 fully saturated rings. The number of carbonyl (C=O) groups excluding carboxylic acids is 1. The van der Waals surface area contributed by atoms with Crippen LogP contribution in [0.25, 0.3) is 11.1 Å². The van der Waals surface area contributed by atoms with Gasteiger partial charge < -0.3 is 19.4 Å². The molecule has 1 radical (unpaired) electrons. The van der Waals surface area contributed by atoms with Gasteiger partial charge in [-0.15, -0.1) is 0 Å². The Balaban J connectivity index is 0.000000510. The number of aliphatic hydroxyl groups excluding tert-OH is 1. The first-order chi connectivity index (χ1) is 9.83. The van der Waals surface area contributed by atoms with Crippen molar-refractivity contribution in [2.45, 2.75) is 5.92 Å². The van der Waals surface area contributed by atoms with Gasteiger partial charge in [-0.2, -0.15) is 0 Å². The second kappa shape index (κ2) is 8.70. The zero-order valence-electron chi connectivity index (χ0n) is 11.2. The van der Waals surface area contributed by atoms with Crippen molar-refractivity contribution in [1.29, 1.82) is 0 Å². The summed E-state index contributed by atoms with van der Waals surface area (Å²) in [6.07, 6.45) is 0. The van der Waals surface area contributed by atoms with E-state index >= 15 is 0 Å². The van der Waals surface area contributed by atoms with E-state index in [1.54, 1.807) is 0 Å². The van der Waals surface area contributed by atoms with Crippen molar-refractivity contribution < 1.29 is 52.1 Å². The minimum absolute atomic E-state index is 0. The van der Waals surface area contributed by atoms with Gasteiger partial charge in [-0.3, -0.25) is 0 Å². The van der Waals surface area contributed by atoms with Crippen LogP contribution in [0.4, 0.5) is 0 Å². The Morgan fingerprint density at radius 2 is 1.38 bits per heavy atom. The van der Waals surface area contributed by atoms with Gasteiger partial charge in [-0.05, 0) is 22.3 Å². The Morgan fingerprint density at radius 1 is 0.952 bits per heavy atom. The van der Waals surface area contributed by atoms with Crippen molar-refractivity contribution in [2.24, 2.45) is 0 Å². The molecular formula is C16H12O4Y-2. The summed E-state index contributed by atoms with van der Waals surface area (Å²) < 4.78 is 4.83. The molecule has 0 bridgehead atoms. The van der Waals surface area contributed by atoms with E-state index in [0.717, 1.165) is 0 Å². The minimum Gasteiger partial charge on any atom is -0.665 e. The van der Waals surface area contributed by atoms with Crippen LogP contribution in [0.1, 0.15) is 17.0 Å². The minimum atomic E-state index is 0. The zero-order valence-corrected chi connectivity index (χ0v) is 14.0. The first-order valence-corrected chi connectivity index (χ1v) is 6.01. The van der Waals surface area contributed by atoms with Gasteiger partial charge in [0.25, 0.3) is 0 Å². The molecular weight excluding hydrogens is 345 g/mol. The Bertz CT molecular complexity index is 567. The van der Waals surface area contributed by atoms with E-state index in [0.29, 0.717) is 13.1 Å². The van der Waals surface area contributed by atoms with Gasteiger partial charge in [0.15, 0.2) is 0 Å². The average Bonchev–Trinajstić information content (AvgIpc) is 2.80. The Morgan fingerprint density at radius 3 is 1.81 bits per heavy atom. The number of rotatable bonds is 3. The van der Waals surface area contributed by atoms with Crippen LogP contribution < -0.4 is 0 Å². The van der Waals surface area contributed by atoms with Gasteiger partial charge in [-0.25, -0.2) is 0 Å². The van der Waals surface area contributed by atoms with Crippen LogP contribution in [0.5, 0.6) is 0 Å². The van der Waals surface area contributed by atoms with E-state index in [1.165, 1.54) is 28.7 Å². The molecule has 21 heavy (non-hydrogen) atoms. The molecule has 1 aliphatic carbocycles. The fourth-order valence-electron chi connectivity index (χ4n) is 2.56. The second-order valence-electron chi connectivity index (χ2n) is 4.21. The summed E-state index contributed by atoms with van der Waals surface area (Å²) in [7, 11) is 0. The normalized spacial score (nSPS) is 11.0. The molecule has 0 spiro atoms. The van der Waals surface area contributed by atoms with Crippen LogP contribution in [-0.2, 0) is 47.0 Å². The Kier molecular flexibility index (Phi) is 7.26. The van der Waals surface area contributed by atoms with Gasteiger partial charge in [0, 0.05) is 38.6 Å². The predicted octanol–water partition coefficient (Wildman–Crippen LogP) is 2.49. The van der Waals surface area contributed by atoms with E-state index in [2.05, 4.69) is 24.3 Å². The molecule has 3 rings (SSSR count). The number of benzene rings is 2. The maximum Gasteiger partial charge on any atom is 0.0593 e. The van der Waals surface area contributed by atoms with Crippen LogP contribution in [0, 0.1) is 0 Å². The molecule has 0 saturated carbocycles. The van der Waals surface area contributed by atoms with Gasteiger partial charge in [0.05, 0.1) is 6.61 Å². The van der Waals surface area contributed by atoms with Crippen molar-refractivity contribution in [3.63, 3.8) is 0 Å². The Labute approximate surface area is 148 Å². The third-order valence-corrected chi connectivity index (χ3v) is 3.27. The van der Waals surface area contributed by atoms with Crippen LogP contribution in [0.15, 0.2) is 48.5 Å². The van der Waals surface area contributed by atoms with Crippen LogP contribution >= 0.6 is 0 Å².